The first kappa shape index (κ1) is 24.9. The average molecular weight is 447 g/mol. The molecule has 174 valence electrons. The van der Waals surface area contributed by atoms with Crippen LogP contribution in [0.5, 0.6) is 0 Å². The minimum absolute atomic E-state index is 0.00992. The third-order valence-corrected chi connectivity index (χ3v) is 4.25. The second kappa shape index (κ2) is 10.8. The molecular weight excluding hydrogens is 416 g/mol. The lowest BCUT2D eigenvalue weighted by Gasteiger charge is -2.29. The summed E-state index contributed by atoms with van der Waals surface area (Å²) in [5.74, 6) is -2.23. The van der Waals surface area contributed by atoms with Gasteiger partial charge >= 0.3 is 18.0 Å². The van der Waals surface area contributed by atoms with Gasteiger partial charge in [0.05, 0.1) is 31.1 Å². The van der Waals surface area contributed by atoms with E-state index in [4.69, 9.17) is 18.9 Å². The van der Waals surface area contributed by atoms with Gasteiger partial charge in [-0.25, -0.2) is 14.4 Å². The Morgan fingerprint density at radius 2 is 1.59 bits per heavy atom. The first-order valence-electron chi connectivity index (χ1n) is 10.6. The molecule has 9 nitrogen and oxygen atoms in total. The van der Waals surface area contributed by atoms with E-state index in [0.717, 1.165) is 5.01 Å². The Bertz CT molecular complexity index is 893. The van der Waals surface area contributed by atoms with Crippen LogP contribution in [0.1, 0.15) is 47.1 Å². The van der Waals surface area contributed by atoms with Crippen LogP contribution in [0.3, 0.4) is 0 Å². The fourth-order valence-electron chi connectivity index (χ4n) is 3.04. The number of carbonyl (C=O) groups excluding carboxylic acids is 3. The Morgan fingerprint density at radius 1 is 0.969 bits per heavy atom. The zero-order valence-electron chi connectivity index (χ0n) is 19.3. The van der Waals surface area contributed by atoms with Crippen molar-refractivity contribution in [3.05, 3.63) is 41.6 Å². The van der Waals surface area contributed by atoms with Gasteiger partial charge in [0.25, 0.3) is 5.41 Å². The zero-order chi connectivity index (χ0) is 23.9. The van der Waals surface area contributed by atoms with E-state index in [0.29, 0.717) is 5.56 Å². The highest BCUT2D eigenvalue weighted by molar-refractivity contribution is 6.25. The molecule has 0 aliphatic carbocycles. The molecule has 1 atom stereocenters. The first-order valence-corrected chi connectivity index (χ1v) is 10.6. The van der Waals surface area contributed by atoms with Crippen molar-refractivity contribution >= 4 is 30.0 Å². The molecule has 0 unspecified atom stereocenters. The number of benzene rings is 1. The van der Waals surface area contributed by atoms with Crippen molar-refractivity contribution < 1.29 is 33.3 Å². The van der Waals surface area contributed by atoms with Gasteiger partial charge in [0.15, 0.2) is 0 Å². The minimum atomic E-state index is -2.23. The van der Waals surface area contributed by atoms with Gasteiger partial charge in [0.2, 0.25) is 5.90 Å². The van der Waals surface area contributed by atoms with Crippen molar-refractivity contribution in [3.63, 3.8) is 0 Å². The number of ether oxygens (including phenoxy) is 4. The van der Waals surface area contributed by atoms with E-state index in [1.807, 2.05) is 6.07 Å². The molecule has 0 saturated heterocycles. The number of hydrogen-bond donors (Lipinski definition) is 0. The predicted molar refractivity (Wildman–Crippen MR) is 117 cm³/mol. The van der Waals surface area contributed by atoms with Gasteiger partial charge in [-0.1, -0.05) is 30.3 Å². The molecule has 0 spiro atoms. The lowest BCUT2D eigenvalue weighted by molar-refractivity contribution is -0.167. The van der Waals surface area contributed by atoms with Gasteiger partial charge in [-0.05, 0) is 53.2 Å². The van der Waals surface area contributed by atoms with Crippen LogP contribution in [-0.4, -0.2) is 54.4 Å². The Kier molecular flexibility index (Phi) is 8.40. The number of hydrazone groups is 1. The second-order valence-electron chi connectivity index (χ2n) is 7.45. The maximum absolute atomic E-state index is 13.5. The average Bonchev–Trinajstić information content (AvgIpc) is 3.03. The molecule has 1 heterocycles. The van der Waals surface area contributed by atoms with Crippen molar-refractivity contribution in [2.24, 2.45) is 10.5 Å². The Labute approximate surface area is 188 Å². The molecule has 1 aromatic carbocycles. The maximum Gasteiger partial charge on any atom is 0.435 e. The van der Waals surface area contributed by atoms with Crippen LogP contribution in [0.25, 0.3) is 6.08 Å². The van der Waals surface area contributed by atoms with Gasteiger partial charge in [-0.15, -0.1) is 5.10 Å². The lowest BCUT2D eigenvalue weighted by Crippen LogP contribution is -2.50. The van der Waals surface area contributed by atoms with Crippen LogP contribution in [-0.2, 0) is 28.5 Å². The molecule has 0 saturated carbocycles. The largest absolute Gasteiger partial charge is 0.478 e. The molecular formula is C23H30N2O7. The van der Waals surface area contributed by atoms with Gasteiger partial charge in [0.1, 0.15) is 0 Å². The van der Waals surface area contributed by atoms with E-state index in [-0.39, 0.29) is 24.8 Å². The van der Waals surface area contributed by atoms with Crippen LogP contribution < -0.4 is 0 Å². The summed E-state index contributed by atoms with van der Waals surface area (Å²) < 4.78 is 21.6. The molecule has 0 N–H and O–H groups in total. The summed E-state index contributed by atoms with van der Waals surface area (Å²) in [4.78, 5) is 39.7. The van der Waals surface area contributed by atoms with Crippen molar-refractivity contribution in [3.8, 4) is 0 Å². The quantitative estimate of drug-likeness (QED) is 0.357. The maximum atomic E-state index is 13.5. The topological polar surface area (TPSA) is 104 Å². The summed E-state index contributed by atoms with van der Waals surface area (Å²) >= 11 is 0. The van der Waals surface area contributed by atoms with Crippen molar-refractivity contribution in [1.82, 2.24) is 5.01 Å². The van der Waals surface area contributed by atoms with Gasteiger partial charge in [-0.3, -0.25) is 0 Å². The standard InChI is InChI=1S/C23H30N2O7/c1-7-29-19-23(20(26)30-8-2,21(27)31-15(3)4)18(14-17-12-10-9-11-13-17)25(24-19)22(28)32-16(5)6/h9-16H,7-8H2,1-6H3/b18-14+/t23-/m0/s1. The third-order valence-electron chi connectivity index (χ3n) is 4.25. The Hall–Kier alpha value is -3.36. The van der Waals surface area contributed by atoms with Gasteiger partial charge in [0, 0.05) is 0 Å². The number of nitrogens with zero attached hydrogens (tertiary/aromatic N) is 2. The van der Waals surface area contributed by atoms with Crippen molar-refractivity contribution in [2.45, 2.75) is 53.8 Å². The smallest absolute Gasteiger partial charge is 0.435 e. The Balaban J connectivity index is 2.81. The number of hydrogen-bond acceptors (Lipinski definition) is 8. The van der Waals surface area contributed by atoms with Crippen LogP contribution in [0.15, 0.2) is 41.1 Å². The van der Waals surface area contributed by atoms with E-state index in [2.05, 4.69) is 5.10 Å². The summed E-state index contributed by atoms with van der Waals surface area (Å²) in [7, 11) is 0. The molecule has 0 bridgehead atoms. The molecule has 1 aliphatic heterocycles. The van der Waals surface area contributed by atoms with Gasteiger partial charge < -0.3 is 18.9 Å². The minimum Gasteiger partial charge on any atom is -0.478 e. The zero-order valence-corrected chi connectivity index (χ0v) is 19.3. The number of rotatable bonds is 7. The van der Waals surface area contributed by atoms with E-state index in [1.165, 1.54) is 6.08 Å². The molecule has 2 rings (SSSR count). The summed E-state index contributed by atoms with van der Waals surface area (Å²) in [5, 5.41) is 5.03. The second-order valence-corrected chi connectivity index (χ2v) is 7.45. The summed E-state index contributed by atoms with van der Waals surface area (Å²) in [6, 6.07) is 8.87. The molecule has 1 aliphatic rings. The van der Waals surface area contributed by atoms with E-state index in [1.54, 1.807) is 65.8 Å². The highest BCUT2D eigenvalue weighted by Gasteiger charge is 2.65. The van der Waals surface area contributed by atoms with Crippen LogP contribution in [0.2, 0.25) is 0 Å². The molecule has 0 aromatic heterocycles. The summed E-state index contributed by atoms with van der Waals surface area (Å²) in [6.45, 7) is 9.99. The molecule has 1 amide bonds. The third kappa shape index (κ3) is 5.09. The number of amides is 1. The number of carbonyl (C=O) groups is 3. The van der Waals surface area contributed by atoms with Crippen LogP contribution >= 0.6 is 0 Å². The van der Waals surface area contributed by atoms with Crippen molar-refractivity contribution in [1.29, 1.82) is 0 Å². The first-order chi connectivity index (χ1) is 15.2. The molecule has 0 radical (unpaired) electrons. The monoisotopic (exact) mass is 446 g/mol. The normalized spacial score (nSPS) is 19.2. The highest BCUT2D eigenvalue weighted by atomic mass is 16.6. The highest BCUT2D eigenvalue weighted by Crippen LogP contribution is 2.43. The number of esters is 2. The molecule has 9 heteroatoms. The van der Waals surface area contributed by atoms with Crippen LogP contribution in [0, 0.1) is 5.41 Å². The fourth-order valence-corrected chi connectivity index (χ4v) is 3.04. The fraction of sp³-hybridized carbons (Fsp3) is 0.478. The van der Waals surface area contributed by atoms with Crippen LogP contribution in [0.4, 0.5) is 4.79 Å². The summed E-state index contributed by atoms with van der Waals surface area (Å²) in [6.07, 6.45) is -0.393. The molecule has 32 heavy (non-hydrogen) atoms. The van der Waals surface area contributed by atoms with Gasteiger partial charge in [-0.2, -0.15) is 5.01 Å². The van der Waals surface area contributed by atoms with E-state index < -0.39 is 35.7 Å². The van der Waals surface area contributed by atoms with Crippen molar-refractivity contribution in [2.75, 3.05) is 13.2 Å². The predicted octanol–water partition coefficient (Wildman–Crippen LogP) is 3.74. The van der Waals surface area contributed by atoms with E-state index >= 15 is 0 Å². The Morgan fingerprint density at radius 3 is 2.12 bits per heavy atom. The SMILES string of the molecule is CCOC(=O)[C@@]1(C(=O)OC(C)C)C(OCC)=NN(C(=O)OC(C)C)/C1=C/c1ccccc1. The molecule has 1 aromatic rings. The molecule has 0 fully saturated rings. The summed E-state index contributed by atoms with van der Waals surface area (Å²) in [5.41, 5.74) is -1.71. The lowest BCUT2D eigenvalue weighted by atomic mass is 9.83. The van der Waals surface area contributed by atoms with E-state index in [9.17, 15) is 14.4 Å².